The number of rotatable bonds is 5. The largest absolute Gasteiger partial charge is 0.416 e. The zero-order valence-electron chi connectivity index (χ0n) is 12.4. The average Bonchev–Trinajstić information content (AvgIpc) is 3.05. The van der Waals surface area contributed by atoms with E-state index in [2.05, 4.69) is 10.3 Å². The Morgan fingerprint density at radius 3 is 2.39 bits per heavy atom. The molecule has 3 N–H and O–H groups in total. The summed E-state index contributed by atoms with van der Waals surface area (Å²) in [5, 5.41) is 13.0. The molecule has 0 saturated carbocycles. The molecule has 2 atom stereocenters. The van der Waals surface area contributed by atoms with E-state index in [4.69, 9.17) is 0 Å². The molecular weight excluding hydrogens is 309 g/mol. The number of hydrogen-bond acceptors (Lipinski definition) is 2. The number of hydrogen-bond donors (Lipinski definition) is 3. The van der Waals surface area contributed by atoms with Gasteiger partial charge in [-0.1, -0.05) is 19.1 Å². The second-order valence-electron chi connectivity index (χ2n) is 5.14. The number of carbonyl (C=O) groups is 1. The lowest BCUT2D eigenvalue weighted by Gasteiger charge is -2.23. The van der Waals surface area contributed by atoms with Crippen molar-refractivity contribution in [1.82, 2.24) is 10.3 Å². The fraction of sp³-hybridized carbons (Fsp3) is 0.312. The first kappa shape index (κ1) is 17.1. The molecule has 7 heteroatoms. The highest BCUT2D eigenvalue weighted by Crippen LogP contribution is 2.30. The van der Waals surface area contributed by atoms with Crippen molar-refractivity contribution < 1.29 is 23.1 Å². The molecule has 23 heavy (non-hydrogen) atoms. The second kappa shape index (κ2) is 6.87. The molecule has 0 bridgehead atoms. The van der Waals surface area contributed by atoms with Crippen molar-refractivity contribution in [3.8, 4) is 0 Å². The monoisotopic (exact) mass is 326 g/mol. The highest BCUT2D eigenvalue weighted by atomic mass is 19.4. The molecule has 4 nitrogen and oxygen atoms in total. The maximum Gasteiger partial charge on any atom is 0.416 e. The van der Waals surface area contributed by atoms with Gasteiger partial charge in [0.05, 0.1) is 17.7 Å². The van der Waals surface area contributed by atoms with E-state index in [0.29, 0.717) is 17.7 Å². The standard InChI is InChI=1S/C16H17F3N2O2/c1-2-12(21-15(23)13-4-3-9-20-13)14(22)10-5-7-11(8-6-10)16(17,18)19/h3-9,12,14,20,22H,2H2,1H3,(H,21,23)/t12-,14-/m0/s1. The van der Waals surface area contributed by atoms with E-state index in [0.717, 1.165) is 12.1 Å². The fourth-order valence-electron chi connectivity index (χ4n) is 2.22. The van der Waals surface area contributed by atoms with E-state index >= 15 is 0 Å². The molecular formula is C16H17F3N2O2. The summed E-state index contributed by atoms with van der Waals surface area (Å²) >= 11 is 0. The fourth-order valence-corrected chi connectivity index (χ4v) is 2.22. The molecule has 0 radical (unpaired) electrons. The quantitative estimate of drug-likeness (QED) is 0.789. The van der Waals surface area contributed by atoms with Gasteiger partial charge in [-0.3, -0.25) is 4.79 Å². The smallest absolute Gasteiger partial charge is 0.386 e. The lowest BCUT2D eigenvalue weighted by molar-refractivity contribution is -0.137. The molecule has 2 aromatic rings. The summed E-state index contributed by atoms with van der Waals surface area (Å²) in [7, 11) is 0. The van der Waals surface area contributed by atoms with Crippen molar-refractivity contribution in [2.75, 3.05) is 0 Å². The van der Waals surface area contributed by atoms with Gasteiger partial charge >= 0.3 is 6.18 Å². The summed E-state index contributed by atoms with van der Waals surface area (Å²) in [5.74, 6) is -0.382. The highest BCUT2D eigenvalue weighted by molar-refractivity contribution is 5.92. The van der Waals surface area contributed by atoms with Gasteiger partial charge in [0.15, 0.2) is 0 Å². The number of aliphatic hydroxyl groups is 1. The third-order valence-electron chi connectivity index (χ3n) is 3.56. The normalized spacial score (nSPS) is 14.3. The number of carbonyl (C=O) groups excluding carboxylic acids is 1. The Kier molecular flexibility index (Phi) is 5.10. The minimum atomic E-state index is -4.42. The molecule has 0 fully saturated rings. The number of halogens is 3. The van der Waals surface area contributed by atoms with Crippen LogP contribution in [0.25, 0.3) is 0 Å². The van der Waals surface area contributed by atoms with E-state index in [-0.39, 0.29) is 5.91 Å². The summed E-state index contributed by atoms with van der Waals surface area (Å²) in [6.07, 6.45) is -3.49. The summed E-state index contributed by atoms with van der Waals surface area (Å²) in [6.45, 7) is 1.77. The van der Waals surface area contributed by atoms with Crippen LogP contribution in [0.5, 0.6) is 0 Å². The number of aromatic amines is 1. The molecule has 0 unspecified atom stereocenters. The summed E-state index contributed by atoms with van der Waals surface area (Å²) in [6, 6.07) is 6.92. The Bertz CT molecular complexity index is 636. The number of alkyl halides is 3. The van der Waals surface area contributed by atoms with E-state index in [1.807, 2.05) is 0 Å². The minimum Gasteiger partial charge on any atom is -0.386 e. The maximum atomic E-state index is 12.6. The summed E-state index contributed by atoms with van der Waals surface area (Å²) in [5.41, 5.74) is -0.114. The molecule has 1 heterocycles. The van der Waals surface area contributed by atoms with Gasteiger partial charge in [0, 0.05) is 6.20 Å². The predicted molar refractivity (Wildman–Crippen MR) is 78.7 cm³/mol. The van der Waals surface area contributed by atoms with E-state index in [1.54, 1.807) is 25.3 Å². The second-order valence-corrected chi connectivity index (χ2v) is 5.14. The van der Waals surface area contributed by atoms with Crippen LogP contribution in [0.3, 0.4) is 0 Å². The maximum absolute atomic E-state index is 12.6. The predicted octanol–water partition coefficient (Wildman–Crippen LogP) is 3.28. The van der Waals surface area contributed by atoms with Crippen LogP contribution in [0.1, 0.15) is 41.1 Å². The van der Waals surface area contributed by atoms with Gasteiger partial charge in [-0.25, -0.2) is 0 Å². The SMILES string of the molecule is CC[C@H](NC(=O)c1ccc[nH]1)[C@@H](O)c1ccc(C(F)(F)F)cc1. The molecule has 0 aliphatic carbocycles. The van der Waals surface area contributed by atoms with E-state index in [1.165, 1.54) is 12.1 Å². The van der Waals surface area contributed by atoms with Crippen LogP contribution < -0.4 is 5.32 Å². The number of aliphatic hydroxyl groups excluding tert-OH is 1. The molecule has 0 aliphatic rings. The number of amides is 1. The van der Waals surface area contributed by atoms with Crippen molar-refractivity contribution in [1.29, 1.82) is 0 Å². The Balaban J connectivity index is 2.10. The van der Waals surface area contributed by atoms with Crippen molar-refractivity contribution >= 4 is 5.91 Å². The third-order valence-corrected chi connectivity index (χ3v) is 3.56. The van der Waals surface area contributed by atoms with Gasteiger partial charge in [0.1, 0.15) is 5.69 Å². The van der Waals surface area contributed by atoms with Crippen LogP contribution in [-0.4, -0.2) is 22.0 Å². The minimum absolute atomic E-state index is 0.316. The topological polar surface area (TPSA) is 65.1 Å². The van der Waals surface area contributed by atoms with Gasteiger partial charge in [-0.05, 0) is 36.2 Å². The molecule has 124 valence electrons. The molecule has 2 rings (SSSR count). The first-order valence-corrected chi connectivity index (χ1v) is 7.12. The Labute approximate surface area is 131 Å². The van der Waals surface area contributed by atoms with Gasteiger partial charge in [-0.15, -0.1) is 0 Å². The van der Waals surface area contributed by atoms with Crippen LogP contribution in [0.2, 0.25) is 0 Å². The van der Waals surface area contributed by atoms with Gasteiger partial charge in [0.2, 0.25) is 0 Å². The van der Waals surface area contributed by atoms with Gasteiger partial charge in [0.25, 0.3) is 5.91 Å². The van der Waals surface area contributed by atoms with E-state index < -0.39 is 23.9 Å². The Morgan fingerprint density at radius 2 is 1.91 bits per heavy atom. The van der Waals surface area contributed by atoms with Crippen molar-refractivity contribution in [3.05, 3.63) is 59.4 Å². The van der Waals surface area contributed by atoms with Crippen LogP contribution in [0.15, 0.2) is 42.6 Å². The first-order valence-electron chi connectivity index (χ1n) is 7.12. The molecule has 0 spiro atoms. The molecule has 1 aromatic carbocycles. The molecule has 0 aliphatic heterocycles. The van der Waals surface area contributed by atoms with Gasteiger partial charge in [-0.2, -0.15) is 13.2 Å². The van der Waals surface area contributed by atoms with Crippen LogP contribution in [0.4, 0.5) is 13.2 Å². The molecule has 0 saturated heterocycles. The number of benzene rings is 1. The number of nitrogens with one attached hydrogen (secondary N) is 2. The zero-order valence-corrected chi connectivity index (χ0v) is 12.4. The Hall–Kier alpha value is -2.28. The Morgan fingerprint density at radius 1 is 1.26 bits per heavy atom. The first-order chi connectivity index (χ1) is 10.8. The van der Waals surface area contributed by atoms with Crippen molar-refractivity contribution in [3.63, 3.8) is 0 Å². The average molecular weight is 326 g/mol. The molecule has 1 aromatic heterocycles. The van der Waals surface area contributed by atoms with Crippen LogP contribution in [-0.2, 0) is 6.18 Å². The van der Waals surface area contributed by atoms with Crippen molar-refractivity contribution in [2.24, 2.45) is 0 Å². The number of aromatic nitrogens is 1. The lowest BCUT2D eigenvalue weighted by Crippen LogP contribution is -2.39. The number of H-pyrrole nitrogens is 1. The van der Waals surface area contributed by atoms with E-state index in [9.17, 15) is 23.1 Å². The summed E-state index contributed by atoms with van der Waals surface area (Å²) in [4.78, 5) is 14.7. The van der Waals surface area contributed by atoms with Crippen LogP contribution in [0, 0.1) is 0 Å². The highest BCUT2D eigenvalue weighted by Gasteiger charge is 2.30. The third kappa shape index (κ3) is 4.13. The summed E-state index contributed by atoms with van der Waals surface area (Å²) < 4.78 is 37.7. The lowest BCUT2D eigenvalue weighted by atomic mass is 9.99. The molecule has 1 amide bonds. The van der Waals surface area contributed by atoms with Crippen LogP contribution >= 0.6 is 0 Å². The van der Waals surface area contributed by atoms with Crippen molar-refractivity contribution in [2.45, 2.75) is 31.7 Å². The van der Waals surface area contributed by atoms with Gasteiger partial charge < -0.3 is 15.4 Å². The zero-order chi connectivity index (χ0) is 17.0.